The Morgan fingerprint density at radius 1 is 1.22 bits per heavy atom. The zero-order valence-corrected chi connectivity index (χ0v) is 21.4. The summed E-state index contributed by atoms with van der Waals surface area (Å²) >= 11 is 0. The first-order valence-corrected chi connectivity index (χ1v) is 12.7. The number of fused-ring (bicyclic) bond motifs is 7. The summed E-state index contributed by atoms with van der Waals surface area (Å²) in [6.45, 7) is 6.43. The number of amides is 2. The number of rotatable bonds is 3. The smallest absolute Gasteiger partial charge is 0.389 e. The number of hydrogen-bond acceptors (Lipinski definition) is 5. The molecule has 3 aromatic rings. The lowest BCUT2D eigenvalue weighted by Crippen LogP contribution is -2.46. The third-order valence-corrected chi connectivity index (χ3v) is 6.78. The van der Waals surface area contributed by atoms with Gasteiger partial charge in [-0.2, -0.15) is 13.2 Å². The fraction of sp³-hybridized carbons (Fsp3) is 0.538. The van der Waals surface area contributed by atoms with E-state index in [4.69, 9.17) is 9.72 Å². The highest BCUT2D eigenvalue weighted by atomic mass is 19.4. The van der Waals surface area contributed by atoms with Crippen molar-refractivity contribution in [1.29, 1.82) is 0 Å². The van der Waals surface area contributed by atoms with Crippen LogP contribution in [-0.2, 0) is 0 Å². The van der Waals surface area contributed by atoms with Gasteiger partial charge in [0.25, 0.3) is 5.88 Å². The van der Waals surface area contributed by atoms with E-state index in [1.54, 1.807) is 17.3 Å². The second-order valence-electron chi connectivity index (χ2n) is 9.47. The Kier molecular flexibility index (Phi) is 8.19. The predicted octanol–water partition coefficient (Wildman–Crippen LogP) is 5.86. The van der Waals surface area contributed by atoms with Gasteiger partial charge in [0, 0.05) is 49.4 Å². The quantitative estimate of drug-likeness (QED) is 0.470. The molecule has 2 atom stereocenters. The van der Waals surface area contributed by atoms with Crippen molar-refractivity contribution in [2.75, 3.05) is 13.2 Å². The van der Waals surface area contributed by atoms with E-state index in [-0.39, 0.29) is 12.5 Å². The monoisotopic (exact) mass is 518 g/mol. The van der Waals surface area contributed by atoms with Gasteiger partial charge in [-0.15, -0.1) is 0 Å². The maximum Gasteiger partial charge on any atom is 0.389 e. The van der Waals surface area contributed by atoms with Crippen LogP contribution in [0.25, 0.3) is 16.9 Å². The largest absolute Gasteiger partial charge is 0.475 e. The summed E-state index contributed by atoms with van der Waals surface area (Å²) in [7, 11) is 0. The van der Waals surface area contributed by atoms with Gasteiger partial charge in [0.1, 0.15) is 0 Å². The highest BCUT2D eigenvalue weighted by Crippen LogP contribution is 2.30. The van der Waals surface area contributed by atoms with Gasteiger partial charge in [0.2, 0.25) is 5.65 Å². The summed E-state index contributed by atoms with van der Waals surface area (Å²) in [4.78, 5) is 28.5. The van der Waals surface area contributed by atoms with E-state index in [0.29, 0.717) is 55.3 Å². The first-order valence-electron chi connectivity index (χ1n) is 12.7. The lowest BCUT2D eigenvalue weighted by Gasteiger charge is -2.30. The standard InChI is InChI=1S/C26H33F3N6O2/c1-4-35-18(3)21-14-20(17(2)15-31-21)22-16-34-12-11-30-23(34)24(33-22)37-13-7-5-6-8-19(32-25(35)36)9-10-26(27,28)29/h11-12,14-16,18-19H,4-10,13H2,1-3H3,(H,32,36)/t18-,19-/m1/s1. The van der Waals surface area contributed by atoms with Crippen molar-refractivity contribution in [3.8, 4) is 17.1 Å². The number of nitrogens with zero attached hydrogens (tertiary/aromatic N) is 5. The lowest BCUT2D eigenvalue weighted by atomic mass is 10.0. The van der Waals surface area contributed by atoms with Gasteiger partial charge in [0.05, 0.1) is 24.0 Å². The van der Waals surface area contributed by atoms with Crippen molar-refractivity contribution in [1.82, 2.24) is 29.6 Å². The number of carbonyl (C=O) groups excluding carboxylic acids is 1. The molecule has 0 saturated carbocycles. The minimum atomic E-state index is -4.27. The topological polar surface area (TPSA) is 84.7 Å². The Morgan fingerprint density at radius 2 is 2.03 bits per heavy atom. The molecular weight excluding hydrogens is 485 g/mol. The first-order chi connectivity index (χ1) is 17.7. The summed E-state index contributed by atoms with van der Waals surface area (Å²) in [6.07, 6.45) is 4.36. The van der Waals surface area contributed by atoms with E-state index < -0.39 is 24.7 Å². The molecule has 1 N–H and O–H groups in total. The number of ether oxygens (including phenoxy) is 1. The Hall–Kier alpha value is -3.37. The van der Waals surface area contributed by atoms with Crippen molar-refractivity contribution in [2.45, 2.75) is 77.6 Å². The van der Waals surface area contributed by atoms with E-state index in [1.807, 2.05) is 43.6 Å². The minimum Gasteiger partial charge on any atom is -0.475 e. The van der Waals surface area contributed by atoms with Crippen LogP contribution >= 0.6 is 0 Å². The van der Waals surface area contributed by atoms with Gasteiger partial charge in [-0.3, -0.25) is 4.98 Å². The second-order valence-corrected chi connectivity index (χ2v) is 9.47. The molecule has 0 spiro atoms. The van der Waals surface area contributed by atoms with Crippen molar-refractivity contribution in [3.05, 3.63) is 42.1 Å². The Balaban J connectivity index is 1.70. The average Bonchev–Trinajstić information content (AvgIpc) is 3.33. The van der Waals surface area contributed by atoms with E-state index in [9.17, 15) is 18.0 Å². The molecule has 3 aromatic heterocycles. The van der Waals surface area contributed by atoms with Crippen LogP contribution < -0.4 is 10.1 Å². The average molecular weight is 519 g/mol. The van der Waals surface area contributed by atoms with Crippen molar-refractivity contribution in [3.63, 3.8) is 0 Å². The molecule has 4 rings (SSSR count). The van der Waals surface area contributed by atoms with E-state index in [1.165, 1.54) is 0 Å². The molecule has 4 heterocycles. The van der Waals surface area contributed by atoms with Crippen LogP contribution in [0.15, 0.2) is 30.9 Å². The molecule has 0 aromatic carbocycles. The van der Waals surface area contributed by atoms with Crippen LogP contribution in [0.1, 0.15) is 69.7 Å². The van der Waals surface area contributed by atoms with Crippen LogP contribution in [-0.4, -0.2) is 55.7 Å². The third kappa shape index (κ3) is 6.50. The third-order valence-electron chi connectivity index (χ3n) is 6.78. The van der Waals surface area contributed by atoms with Crippen LogP contribution in [0.3, 0.4) is 0 Å². The van der Waals surface area contributed by atoms with Gasteiger partial charge in [0.15, 0.2) is 0 Å². The zero-order valence-electron chi connectivity index (χ0n) is 21.4. The first kappa shape index (κ1) is 26.7. The number of nitrogens with one attached hydrogen (secondary N) is 1. The summed E-state index contributed by atoms with van der Waals surface area (Å²) in [5.41, 5.74) is 3.72. The normalized spacial score (nSPS) is 19.8. The van der Waals surface area contributed by atoms with Crippen LogP contribution in [0, 0.1) is 6.92 Å². The Bertz CT molecular complexity index is 1230. The van der Waals surface area contributed by atoms with E-state index in [2.05, 4.69) is 15.3 Å². The molecular formula is C26H33F3N6O2. The predicted molar refractivity (Wildman–Crippen MR) is 133 cm³/mol. The molecule has 2 amide bonds. The highest BCUT2D eigenvalue weighted by molar-refractivity contribution is 5.75. The van der Waals surface area contributed by atoms with E-state index in [0.717, 1.165) is 17.5 Å². The minimum absolute atomic E-state index is 0.155. The van der Waals surface area contributed by atoms with Gasteiger partial charge >= 0.3 is 12.2 Å². The summed E-state index contributed by atoms with van der Waals surface area (Å²) in [5, 5.41) is 2.86. The summed E-state index contributed by atoms with van der Waals surface area (Å²) in [6, 6.07) is 0.536. The van der Waals surface area contributed by atoms with Crippen molar-refractivity contribution < 1.29 is 22.7 Å². The number of carbonyl (C=O) groups is 1. The molecule has 0 fully saturated rings. The van der Waals surface area contributed by atoms with Gasteiger partial charge in [-0.25, -0.2) is 14.8 Å². The highest BCUT2D eigenvalue weighted by Gasteiger charge is 2.30. The van der Waals surface area contributed by atoms with Gasteiger partial charge < -0.3 is 19.4 Å². The molecule has 1 aliphatic rings. The summed E-state index contributed by atoms with van der Waals surface area (Å²) < 4.78 is 46.7. The molecule has 0 saturated heterocycles. The zero-order chi connectivity index (χ0) is 26.6. The Morgan fingerprint density at radius 3 is 2.78 bits per heavy atom. The lowest BCUT2D eigenvalue weighted by molar-refractivity contribution is -0.136. The van der Waals surface area contributed by atoms with Crippen molar-refractivity contribution in [2.24, 2.45) is 0 Å². The second kappa shape index (κ2) is 11.4. The number of hydrogen-bond donors (Lipinski definition) is 1. The number of imidazole rings is 1. The van der Waals surface area contributed by atoms with Crippen LogP contribution in [0.4, 0.5) is 18.0 Å². The van der Waals surface area contributed by atoms with Crippen LogP contribution in [0.2, 0.25) is 0 Å². The number of aryl methyl sites for hydroxylation is 1. The molecule has 11 heteroatoms. The van der Waals surface area contributed by atoms with E-state index >= 15 is 0 Å². The Labute approximate surface area is 214 Å². The number of halogens is 3. The SMILES string of the molecule is CCN1C(=O)N[C@@H](CCC(F)(F)F)CCCCCOc2nc(cn3ccnc23)-c2cc(ncc2C)[C@H]1C. The molecule has 4 bridgehead atoms. The summed E-state index contributed by atoms with van der Waals surface area (Å²) in [5.74, 6) is 0.424. The molecule has 37 heavy (non-hydrogen) atoms. The molecule has 0 radical (unpaired) electrons. The molecule has 8 nitrogen and oxygen atoms in total. The maximum absolute atomic E-state index is 13.2. The molecule has 0 aliphatic carbocycles. The van der Waals surface area contributed by atoms with Gasteiger partial charge in [-0.05, 0) is 58.1 Å². The fourth-order valence-electron chi connectivity index (χ4n) is 4.65. The number of aromatic nitrogens is 4. The van der Waals surface area contributed by atoms with Crippen molar-refractivity contribution >= 4 is 11.7 Å². The fourth-order valence-corrected chi connectivity index (χ4v) is 4.65. The number of pyridine rings is 1. The maximum atomic E-state index is 13.2. The molecule has 0 unspecified atom stereocenters. The number of alkyl halides is 3. The van der Waals surface area contributed by atoms with Gasteiger partial charge in [-0.1, -0.05) is 6.42 Å². The molecule has 200 valence electrons. The molecule has 1 aliphatic heterocycles. The van der Waals surface area contributed by atoms with Crippen LogP contribution in [0.5, 0.6) is 5.88 Å². The number of urea groups is 1.